The Morgan fingerprint density at radius 3 is 2.59 bits per heavy atom. The molecule has 2 fully saturated rings. The van der Waals surface area contributed by atoms with Gasteiger partial charge in [-0.15, -0.1) is 5.10 Å². The van der Waals surface area contributed by atoms with Crippen LogP contribution in [0.25, 0.3) is 0 Å². The number of anilines is 3. The summed E-state index contributed by atoms with van der Waals surface area (Å²) in [6.45, 7) is 6.29. The quantitative estimate of drug-likeness (QED) is 0.824. The number of halogens is 1. The summed E-state index contributed by atoms with van der Waals surface area (Å²) >= 11 is 0. The highest BCUT2D eigenvalue weighted by Gasteiger charge is 2.25. The largest absolute Gasteiger partial charge is 0.366 e. The van der Waals surface area contributed by atoms with Gasteiger partial charge in [-0.2, -0.15) is 10.1 Å². The third-order valence-electron chi connectivity index (χ3n) is 5.68. The van der Waals surface area contributed by atoms with Gasteiger partial charge in [0.2, 0.25) is 5.95 Å². The van der Waals surface area contributed by atoms with Gasteiger partial charge in [0, 0.05) is 38.8 Å². The summed E-state index contributed by atoms with van der Waals surface area (Å²) < 4.78 is 14.0. The number of para-hydroxylation sites is 1. The van der Waals surface area contributed by atoms with Gasteiger partial charge in [-0.25, -0.2) is 4.39 Å². The molecule has 0 aliphatic carbocycles. The zero-order valence-corrected chi connectivity index (χ0v) is 15.9. The van der Waals surface area contributed by atoms with Crippen molar-refractivity contribution in [1.82, 2.24) is 15.2 Å². The minimum Gasteiger partial charge on any atom is -0.366 e. The number of piperazine rings is 1. The van der Waals surface area contributed by atoms with Crippen LogP contribution in [-0.4, -0.2) is 53.9 Å². The maximum atomic E-state index is 14.0. The number of rotatable bonds is 4. The maximum absolute atomic E-state index is 14.0. The minimum absolute atomic E-state index is 0.165. The Balaban J connectivity index is 1.45. The van der Waals surface area contributed by atoms with E-state index in [0.717, 1.165) is 45.0 Å². The molecule has 0 saturated carbocycles. The highest BCUT2D eigenvalue weighted by atomic mass is 19.1. The highest BCUT2D eigenvalue weighted by Crippen LogP contribution is 2.26. The molecule has 0 bridgehead atoms. The van der Waals surface area contributed by atoms with Gasteiger partial charge in [0.15, 0.2) is 5.82 Å². The minimum atomic E-state index is -0.165. The monoisotopic (exact) mass is 370 g/mol. The topological polar surface area (TPSA) is 48.4 Å². The van der Waals surface area contributed by atoms with E-state index in [0.29, 0.717) is 17.7 Å². The Bertz CT molecular complexity index is 762. The van der Waals surface area contributed by atoms with Gasteiger partial charge in [0.05, 0.1) is 11.9 Å². The van der Waals surface area contributed by atoms with E-state index in [1.807, 2.05) is 12.1 Å². The van der Waals surface area contributed by atoms with Crippen molar-refractivity contribution in [2.45, 2.75) is 38.6 Å². The first-order valence-electron chi connectivity index (χ1n) is 9.97. The average molecular weight is 370 g/mol. The van der Waals surface area contributed by atoms with Crippen molar-refractivity contribution >= 4 is 17.5 Å². The fraction of sp³-hybridized carbons (Fsp3) is 0.550. The predicted molar refractivity (Wildman–Crippen MR) is 106 cm³/mol. The van der Waals surface area contributed by atoms with Crippen LogP contribution in [0, 0.1) is 5.82 Å². The van der Waals surface area contributed by atoms with Gasteiger partial charge in [0.1, 0.15) is 5.82 Å². The van der Waals surface area contributed by atoms with Gasteiger partial charge >= 0.3 is 0 Å². The number of hydrogen-bond acceptors (Lipinski definition) is 6. The number of benzene rings is 1. The van der Waals surface area contributed by atoms with Crippen LogP contribution in [0.5, 0.6) is 0 Å². The zero-order chi connectivity index (χ0) is 18.6. The molecule has 0 radical (unpaired) electrons. The lowest BCUT2D eigenvalue weighted by Crippen LogP contribution is -2.47. The summed E-state index contributed by atoms with van der Waals surface area (Å²) in [6, 6.07) is 7.50. The smallest absolute Gasteiger partial charge is 0.247 e. The van der Waals surface area contributed by atoms with E-state index in [9.17, 15) is 4.39 Å². The van der Waals surface area contributed by atoms with E-state index in [2.05, 4.69) is 31.8 Å². The van der Waals surface area contributed by atoms with Crippen LogP contribution in [0.3, 0.4) is 0 Å². The molecule has 2 saturated heterocycles. The lowest BCUT2D eigenvalue weighted by atomic mass is 10.0. The molecule has 6 nitrogen and oxygen atoms in total. The molecule has 27 heavy (non-hydrogen) atoms. The fourth-order valence-electron chi connectivity index (χ4n) is 4.14. The SMILES string of the molecule is CCC1CCCCN1c1cnnc(N2CCN(c3ccccc3F)CC2)n1. The second-order valence-corrected chi connectivity index (χ2v) is 7.29. The fourth-order valence-corrected chi connectivity index (χ4v) is 4.14. The second-order valence-electron chi connectivity index (χ2n) is 7.29. The Morgan fingerprint density at radius 1 is 1.04 bits per heavy atom. The summed E-state index contributed by atoms with van der Waals surface area (Å²) in [6.07, 6.45) is 6.63. The van der Waals surface area contributed by atoms with Crippen molar-refractivity contribution in [1.29, 1.82) is 0 Å². The van der Waals surface area contributed by atoms with Crippen LogP contribution < -0.4 is 14.7 Å². The molecule has 7 heteroatoms. The lowest BCUT2D eigenvalue weighted by molar-refractivity contribution is 0.445. The van der Waals surface area contributed by atoms with Crippen molar-refractivity contribution in [2.24, 2.45) is 0 Å². The van der Waals surface area contributed by atoms with Crippen molar-refractivity contribution in [3.05, 3.63) is 36.3 Å². The first kappa shape index (κ1) is 17.9. The number of hydrogen-bond donors (Lipinski definition) is 0. The second kappa shape index (κ2) is 8.06. The first-order chi connectivity index (χ1) is 13.3. The van der Waals surface area contributed by atoms with Crippen molar-refractivity contribution in [3.63, 3.8) is 0 Å². The van der Waals surface area contributed by atoms with Crippen LogP contribution in [0.2, 0.25) is 0 Å². The Morgan fingerprint density at radius 2 is 1.81 bits per heavy atom. The third kappa shape index (κ3) is 3.82. The molecule has 2 aromatic rings. The molecule has 0 amide bonds. The van der Waals surface area contributed by atoms with E-state index in [1.165, 1.54) is 25.3 Å². The van der Waals surface area contributed by atoms with E-state index in [4.69, 9.17) is 4.98 Å². The van der Waals surface area contributed by atoms with Crippen LogP contribution >= 0.6 is 0 Å². The van der Waals surface area contributed by atoms with Crippen molar-refractivity contribution in [3.8, 4) is 0 Å². The number of aromatic nitrogens is 3. The Kier molecular flexibility index (Phi) is 5.36. The summed E-state index contributed by atoms with van der Waals surface area (Å²) in [5.74, 6) is 1.45. The van der Waals surface area contributed by atoms with Crippen molar-refractivity contribution in [2.75, 3.05) is 47.4 Å². The Labute approximate surface area is 160 Å². The summed E-state index contributed by atoms with van der Waals surface area (Å²) in [5, 5.41) is 8.50. The van der Waals surface area contributed by atoms with Crippen LogP contribution in [0.4, 0.5) is 21.8 Å². The Hall–Kier alpha value is -2.44. The molecule has 1 aromatic heterocycles. The molecular weight excluding hydrogens is 343 g/mol. The summed E-state index contributed by atoms with van der Waals surface area (Å²) in [4.78, 5) is 11.4. The average Bonchev–Trinajstić information content (AvgIpc) is 2.74. The molecule has 2 aliphatic heterocycles. The number of nitrogens with zero attached hydrogens (tertiary/aromatic N) is 6. The van der Waals surface area contributed by atoms with Gasteiger partial charge in [-0.05, 0) is 37.8 Å². The van der Waals surface area contributed by atoms with Crippen molar-refractivity contribution < 1.29 is 4.39 Å². The first-order valence-corrected chi connectivity index (χ1v) is 9.97. The number of piperidine rings is 1. The molecule has 1 atom stereocenters. The van der Waals surface area contributed by atoms with E-state index in [-0.39, 0.29) is 5.82 Å². The normalized spacial score (nSPS) is 20.8. The molecule has 3 heterocycles. The summed E-state index contributed by atoms with van der Waals surface area (Å²) in [5.41, 5.74) is 0.670. The molecule has 0 N–H and O–H groups in total. The standard InChI is InChI=1S/C20H27FN6/c1-2-16-7-5-6-10-27(16)19-15-22-24-20(23-19)26-13-11-25(12-14-26)18-9-4-3-8-17(18)21/h3-4,8-9,15-16H,2,5-7,10-14H2,1H3. The maximum Gasteiger partial charge on any atom is 0.247 e. The lowest BCUT2D eigenvalue weighted by Gasteiger charge is -2.38. The molecule has 4 rings (SSSR count). The van der Waals surface area contributed by atoms with Gasteiger partial charge in [-0.3, -0.25) is 0 Å². The predicted octanol–water partition coefficient (Wildman–Crippen LogP) is 3.11. The zero-order valence-electron chi connectivity index (χ0n) is 15.9. The highest BCUT2D eigenvalue weighted by molar-refractivity contribution is 5.50. The molecule has 0 spiro atoms. The van der Waals surface area contributed by atoms with Gasteiger partial charge in [-0.1, -0.05) is 19.1 Å². The van der Waals surface area contributed by atoms with Crippen LogP contribution in [0.15, 0.2) is 30.5 Å². The third-order valence-corrected chi connectivity index (χ3v) is 5.68. The molecule has 1 unspecified atom stereocenters. The molecule has 1 aromatic carbocycles. The van der Waals surface area contributed by atoms with Crippen LogP contribution in [0.1, 0.15) is 32.6 Å². The van der Waals surface area contributed by atoms with Gasteiger partial charge < -0.3 is 14.7 Å². The van der Waals surface area contributed by atoms with E-state index < -0.39 is 0 Å². The summed E-state index contributed by atoms with van der Waals surface area (Å²) in [7, 11) is 0. The molecule has 2 aliphatic rings. The van der Waals surface area contributed by atoms with Crippen LogP contribution in [-0.2, 0) is 0 Å². The molecular formula is C20H27FN6. The van der Waals surface area contributed by atoms with E-state index in [1.54, 1.807) is 12.3 Å². The molecule has 144 valence electrons. The van der Waals surface area contributed by atoms with E-state index >= 15 is 0 Å². The van der Waals surface area contributed by atoms with Gasteiger partial charge in [0.25, 0.3) is 0 Å².